The van der Waals surface area contributed by atoms with E-state index in [1.54, 1.807) is 4.68 Å². The summed E-state index contributed by atoms with van der Waals surface area (Å²) in [6.07, 6.45) is 2.32. The summed E-state index contributed by atoms with van der Waals surface area (Å²) < 4.78 is 1.68. The summed E-state index contributed by atoms with van der Waals surface area (Å²) >= 11 is 6.38. The van der Waals surface area contributed by atoms with Crippen molar-refractivity contribution in [2.45, 2.75) is 32.2 Å². The number of aryl methyl sites for hydroxylation is 2. The molecule has 0 radical (unpaired) electrons. The molecule has 0 N–H and O–H groups in total. The number of carbonyl (C=O) groups is 1. The minimum Gasteiger partial charge on any atom is -0.316 e. The lowest BCUT2D eigenvalue weighted by molar-refractivity contribution is -0.130. The Morgan fingerprint density at radius 2 is 2.08 bits per heavy atom. The number of hydrogen-bond donors (Lipinski definition) is 0. The number of nitriles is 2. The van der Waals surface area contributed by atoms with E-state index in [1.807, 2.05) is 26.1 Å². The first-order chi connectivity index (χ1) is 11.5. The normalized spacial score (nSPS) is 17.5. The van der Waals surface area contributed by atoms with Crippen molar-refractivity contribution < 1.29 is 4.79 Å². The average Bonchev–Trinajstić information content (AvgIpc) is 3.09. The van der Waals surface area contributed by atoms with Crippen molar-refractivity contribution in [1.29, 1.82) is 10.5 Å². The Balaban J connectivity index is 2.03. The van der Waals surface area contributed by atoms with Crippen LogP contribution in [0, 0.1) is 29.6 Å². The zero-order valence-electron chi connectivity index (χ0n) is 14.0. The average molecular weight is 349 g/mol. The van der Waals surface area contributed by atoms with Crippen molar-refractivity contribution >= 4 is 17.5 Å². The summed E-state index contributed by atoms with van der Waals surface area (Å²) in [5, 5.41) is 22.5. The molecule has 1 atom stereocenters. The quantitative estimate of drug-likeness (QED) is 0.731. The molecule has 0 unspecified atom stereocenters. The molecule has 2 rings (SSSR count). The Kier molecular flexibility index (Phi) is 6.19. The van der Waals surface area contributed by atoms with Gasteiger partial charge in [-0.2, -0.15) is 15.6 Å². The zero-order valence-corrected chi connectivity index (χ0v) is 14.8. The largest absolute Gasteiger partial charge is 0.316 e. The molecular weight excluding hydrogens is 328 g/mol. The van der Waals surface area contributed by atoms with Gasteiger partial charge in [0, 0.05) is 31.6 Å². The number of rotatable bonds is 6. The second-order valence-corrected chi connectivity index (χ2v) is 6.28. The van der Waals surface area contributed by atoms with Gasteiger partial charge < -0.3 is 4.90 Å². The first kappa shape index (κ1) is 18.3. The van der Waals surface area contributed by atoms with Crippen LogP contribution in [0.4, 0.5) is 0 Å². The van der Waals surface area contributed by atoms with Gasteiger partial charge >= 0.3 is 0 Å². The van der Waals surface area contributed by atoms with Crippen LogP contribution in [0.3, 0.4) is 0 Å². The first-order valence-corrected chi connectivity index (χ1v) is 8.32. The van der Waals surface area contributed by atoms with Gasteiger partial charge in [-0.3, -0.25) is 14.4 Å². The summed E-state index contributed by atoms with van der Waals surface area (Å²) in [7, 11) is 1.82. The maximum atomic E-state index is 12.2. The van der Waals surface area contributed by atoms with Crippen LogP contribution in [-0.4, -0.2) is 51.7 Å². The first-order valence-electron chi connectivity index (χ1n) is 7.94. The smallest absolute Gasteiger partial charge is 0.225 e. The molecule has 7 nitrogen and oxygen atoms in total. The number of halogens is 1. The lowest BCUT2D eigenvalue weighted by Crippen LogP contribution is -2.35. The second-order valence-electron chi connectivity index (χ2n) is 5.92. The fourth-order valence-corrected chi connectivity index (χ4v) is 3.55. The van der Waals surface area contributed by atoms with Gasteiger partial charge in [0.2, 0.25) is 5.91 Å². The van der Waals surface area contributed by atoms with Crippen molar-refractivity contribution in [2.24, 2.45) is 7.05 Å². The molecule has 1 fully saturated rings. The zero-order chi connectivity index (χ0) is 17.7. The molecule has 1 aromatic rings. The number of nitrogens with zero attached hydrogens (tertiary/aromatic N) is 6. The fraction of sp³-hybridized carbons (Fsp3) is 0.625. The molecule has 1 aliphatic rings. The highest BCUT2D eigenvalue weighted by Gasteiger charge is 2.31. The minimum absolute atomic E-state index is 0.0522. The van der Waals surface area contributed by atoms with Crippen LogP contribution in [0.2, 0.25) is 5.15 Å². The molecule has 8 heteroatoms. The molecule has 1 aliphatic heterocycles. The number of aromatic nitrogens is 2. The standard InChI is InChI=1S/C16H21ClN6O/c1-12-15(16(17)21(2)20-12)13-4-3-8-22(13)9-5-14(24)23(10-6-18)11-7-19/h13H,3-5,8-11H2,1-2H3/t13-/m0/s1. The number of hydrogen-bond acceptors (Lipinski definition) is 5. The van der Waals surface area contributed by atoms with Crippen molar-refractivity contribution in [2.75, 3.05) is 26.2 Å². The molecular formula is C16H21ClN6O. The minimum atomic E-state index is -0.169. The van der Waals surface area contributed by atoms with Crippen LogP contribution in [-0.2, 0) is 11.8 Å². The third-order valence-electron chi connectivity index (χ3n) is 4.38. The Labute approximate surface area is 147 Å². The van der Waals surface area contributed by atoms with Gasteiger partial charge in [0.25, 0.3) is 0 Å². The predicted molar refractivity (Wildman–Crippen MR) is 88.9 cm³/mol. The summed E-state index contributed by atoms with van der Waals surface area (Å²) in [6, 6.07) is 4.02. The van der Waals surface area contributed by atoms with E-state index >= 15 is 0 Å². The molecule has 0 aromatic carbocycles. The van der Waals surface area contributed by atoms with Gasteiger partial charge in [0.15, 0.2) is 0 Å². The van der Waals surface area contributed by atoms with Crippen LogP contribution >= 0.6 is 11.6 Å². The summed E-state index contributed by atoms with van der Waals surface area (Å²) in [5.74, 6) is -0.169. The van der Waals surface area contributed by atoms with E-state index in [0.29, 0.717) is 11.7 Å². The third kappa shape index (κ3) is 3.87. The summed E-state index contributed by atoms with van der Waals surface area (Å²) in [4.78, 5) is 15.7. The molecule has 128 valence electrons. The Morgan fingerprint density at radius 3 is 2.62 bits per heavy atom. The Bertz CT molecular complexity index is 670. The third-order valence-corrected chi connectivity index (χ3v) is 4.83. The van der Waals surface area contributed by atoms with Crippen LogP contribution in [0.5, 0.6) is 0 Å². The van der Waals surface area contributed by atoms with Crippen LogP contribution in [0.25, 0.3) is 0 Å². The lowest BCUT2D eigenvalue weighted by Gasteiger charge is -2.25. The lowest BCUT2D eigenvalue weighted by atomic mass is 10.1. The maximum Gasteiger partial charge on any atom is 0.225 e. The number of likely N-dealkylation sites (tertiary alicyclic amines) is 1. The molecule has 2 heterocycles. The van der Waals surface area contributed by atoms with Gasteiger partial charge in [-0.15, -0.1) is 0 Å². The molecule has 0 spiro atoms. The highest BCUT2D eigenvalue weighted by Crippen LogP contribution is 2.37. The van der Waals surface area contributed by atoms with E-state index in [2.05, 4.69) is 10.00 Å². The molecule has 0 bridgehead atoms. The van der Waals surface area contributed by atoms with Gasteiger partial charge in [-0.05, 0) is 26.3 Å². The maximum absolute atomic E-state index is 12.2. The van der Waals surface area contributed by atoms with Gasteiger partial charge in [-0.25, -0.2) is 0 Å². The van der Waals surface area contributed by atoms with Gasteiger partial charge in [0.1, 0.15) is 18.2 Å². The second kappa shape index (κ2) is 8.14. The highest BCUT2D eigenvalue weighted by atomic mass is 35.5. The van der Waals surface area contributed by atoms with E-state index in [9.17, 15) is 4.79 Å². The van der Waals surface area contributed by atoms with Crippen molar-refractivity contribution in [3.8, 4) is 12.1 Å². The molecule has 1 saturated heterocycles. The van der Waals surface area contributed by atoms with Crippen molar-refractivity contribution in [3.63, 3.8) is 0 Å². The number of amides is 1. The molecule has 1 aromatic heterocycles. The van der Waals surface area contributed by atoms with E-state index < -0.39 is 0 Å². The topological polar surface area (TPSA) is 88.9 Å². The number of carbonyl (C=O) groups excluding carboxylic acids is 1. The monoisotopic (exact) mass is 348 g/mol. The van der Waals surface area contributed by atoms with Crippen LogP contribution in [0.15, 0.2) is 0 Å². The van der Waals surface area contributed by atoms with Crippen molar-refractivity contribution in [3.05, 3.63) is 16.4 Å². The van der Waals surface area contributed by atoms with E-state index in [-0.39, 0.29) is 31.5 Å². The molecule has 1 amide bonds. The molecule has 24 heavy (non-hydrogen) atoms. The SMILES string of the molecule is Cc1nn(C)c(Cl)c1[C@@H]1CCCN1CCC(=O)N(CC#N)CC#N. The fourth-order valence-electron chi connectivity index (χ4n) is 3.25. The van der Waals surface area contributed by atoms with Crippen molar-refractivity contribution in [1.82, 2.24) is 19.6 Å². The van der Waals surface area contributed by atoms with Gasteiger partial charge in [0.05, 0.1) is 17.8 Å². The van der Waals surface area contributed by atoms with Gasteiger partial charge in [-0.1, -0.05) is 11.6 Å². The Morgan fingerprint density at radius 1 is 1.42 bits per heavy atom. The predicted octanol–water partition coefficient (Wildman–Crippen LogP) is 1.78. The van der Waals surface area contributed by atoms with E-state index in [1.165, 1.54) is 4.90 Å². The van der Waals surface area contributed by atoms with Crippen LogP contribution < -0.4 is 0 Å². The van der Waals surface area contributed by atoms with E-state index in [4.69, 9.17) is 22.1 Å². The molecule has 0 aliphatic carbocycles. The van der Waals surface area contributed by atoms with Crippen LogP contribution in [0.1, 0.15) is 36.6 Å². The summed E-state index contributed by atoms with van der Waals surface area (Å²) in [5.41, 5.74) is 1.95. The Hall–Kier alpha value is -2.09. The van der Waals surface area contributed by atoms with E-state index in [0.717, 1.165) is 30.6 Å². The highest BCUT2D eigenvalue weighted by molar-refractivity contribution is 6.30. The summed E-state index contributed by atoms with van der Waals surface area (Å²) in [6.45, 7) is 3.33. The molecule has 0 saturated carbocycles.